The minimum absolute atomic E-state index is 0. The van der Waals surface area contributed by atoms with E-state index in [9.17, 15) is 14.7 Å². The van der Waals surface area contributed by atoms with Crippen molar-refractivity contribution in [1.29, 1.82) is 0 Å². The van der Waals surface area contributed by atoms with E-state index >= 15 is 0 Å². The Morgan fingerprint density at radius 3 is 1.77 bits per heavy atom. The van der Waals surface area contributed by atoms with Gasteiger partial charge in [0.2, 0.25) is 0 Å². The number of ether oxygens (including phenoxy) is 6. The Bertz CT molecular complexity index is 1480. The lowest BCUT2D eigenvalue weighted by atomic mass is 9.94. The SMILES string of the molecule is C.CCOC(=O)Cc1ccc(C)cc1.CCOCOC1(C)CC1.CCOCOc1ccc(C)cc1.Cc1cc(C)c(C(C)C(=O)OCC(C)C)c(O)c1.O=POO. The summed E-state index contributed by atoms with van der Waals surface area (Å²) in [5, 5.41) is 17.0. The maximum absolute atomic E-state index is 11.9. The molecule has 1 atom stereocenters. The first-order valence-corrected chi connectivity index (χ1v) is 19.6. The van der Waals surface area contributed by atoms with Gasteiger partial charge in [-0.1, -0.05) is 74.9 Å². The van der Waals surface area contributed by atoms with Crippen LogP contribution in [-0.2, 0) is 48.9 Å². The van der Waals surface area contributed by atoms with Crippen LogP contribution in [0, 0.1) is 33.6 Å². The fourth-order valence-corrected chi connectivity index (χ4v) is 4.51. The molecular weight excluding hydrogens is 751 g/mol. The number of aryl methyl sites for hydroxylation is 4. The smallest absolute Gasteiger partial charge is 0.358 e. The second-order valence-electron chi connectivity index (χ2n) is 13.7. The number of hydrogen-bond acceptors (Lipinski definition) is 12. The lowest BCUT2D eigenvalue weighted by Gasteiger charge is -2.17. The molecule has 1 saturated carbocycles. The van der Waals surface area contributed by atoms with Crippen LogP contribution in [0.25, 0.3) is 0 Å². The molecule has 57 heavy (non-hydrogen) atoms. The molecule has 0 radical (unpaired) electrons. The Morgan fingerprint density at radius 1 is 0.789 bits per heavy atom. The van der Waals surface area contributed by atoms with Crippen LogP contribution in [0.2, 0.25) is 0 Å². The molecule has 0 saturated heterocycles. The van der Waals surface area contributed by atoms with Crippen LogP contribution in [0.1, 0.15) is 108 Å². The normalized spacial score (nSPS) is 12.3. The van der Waals surface area contributed by atoms with E-state index in [1.165, 1.54) is 24.0 Å². The summed E-state index contributed by atoms with van der Waals surface area (Å²) in [5.74, 6) is 0.450. The zero-order chi connectivity index (χ0) is 42.5. The number of phenolic OH excluding ortho intramolecular Hbond substituents is 1. The van der Waals surface area contributed by atoms with Crippen molar-refractivity contribution in [2.24, 2.45) is 5.92 Å². The molecule has 322 valence electrons. The van der Waals surface area contributed by atoms with Crippen LogP contribution in [0.15, 0.2) is 60.7 Å². The number of rotatable bonds is 16. The highest BCUT2D eigenvalue weighted by Gasteiger charge is 2.38. The van der Waals surface area contributed by atoms with Gasteiger partial charge in [-0.25, -0.2) is 9.82 Å². The van der Waals surface area contributed by atoms with E-state index in [4.69, 9.17) is 38.2 Å². The maximum atomic E-state index is 11.9. The molecule has 4 rings (SSSR count). The third-order valence-electron chi connectivity index (χ3n) is 7.85. The maximum Gasteiger partial charge on any atom is 0.358 e. The number of hydrogen-bond donors (Lipinski definition) is 2. The second-order valence-corrected chi connectivity index (χ2v) is 14.0. The highest BCUT2D eigenvalue weighted by atomic mass is 31.1. The zero-order valence-corrected chi connectivity index (χ0v) is 36.1. The van der Waals surface area contributed by atoms with E-state index in [1.807, 2.05) is 117 Å². The lowest BCUT2D eigenvalue weighted by molar-refractivity contribution is -0.146. The molecule has 0 heterocycles. The van der Waals surface area contributed by atoms with Gasteiger partial charge in [-0.05, 0) is 116 Å². The van der Waals surface area contributed by atoms with Gasteiger partial charge < -0.3 is 33.5 Å². The first-order chi connectivity index (χ1) is 26.6. The molecular formula is C44H69O12P. The number of benzene rings is 3. The van der Waals surface area contributed by atoms with Crippen molar-refractivity contribution in [1.82, 2.24) is 0 Å². The van der Waals surface area contributed by atoms with Crippen LogP contribution >= 0.6 is 8.69 Å². The summed E-state index contributed by atoms with van der Waals surface area (Å²) in [6.45, 7) is 24.6. The summed E-state index contributed by atoms with van der Waals surface area (Å²) in [6, 6.07) is 19.4. The van der Waals surface area contributed by atoms with E-state index in [1.54, 1.807) is 13.0 Å². The fraction of sp³-hybridized carbons (Fsp3) is 0.545. The summed E-state index contributed by atoms with van der Waals surface area (Å²) in [5.41, 5.74) is 6.18. The Balaban J connectivity index is 0. The molecule has 2 N–H and O–H groups in total. The van der Waals surface area contributed by atoms with Gasteiger partial charge in [0.1, 0.15) is 18.3 Å². The minimum atomic E-state index is -0.696. The number of carbonyl (C=O) groups excluding carboxylic acids is 2. The lowest BCUT2D eigenvalue weighted by Crippen LogP contribution is -2.17. The third-order valence-corrected chi connectivity index (χ3v) is 7.91. The first kappa shape index (κ1) is 55.2. The topological polar surface area (TPSA) is 156 Å². The molecule has 1 aliphatic carbocycles. The zero-order valence-electron chi connectivity index (χ0n) is 35.2. The predicted molar refractivity (Wildman–Crippen MR) is 225 cm³/mol. The number of esters is 2. The van der Waals surface area contributed by atoms with E-state index in [-0.39, 0.29) is 30.7 Å². The van der Waals surface area contributed by atoms with Crippen LogP contribution in [0.3, 0.4) is 0 Å². The Labute approximate surface area is 343 Å². The van der Waals surface area contributed by atoms with Crippen LogP contribution in [0.5, 0.6) is 11.5 Å². The highest BCUT2D eigenvalue weighted by Crippen LogP contribution is 2.38. The molecule has 0 spiro atoms. The van der Waals surface area contributed by atoms with Crippen LogP contribution < -0.4 is 4.74 Å². The number of aromatic hydroxyl groups is 1. The Morgan fingerprint density at radius 2 is 1.32 bits per heavy atom. The fourth-order valence-electron chi connectivity index (χ4n) is 4.51. The summed E-state index contributed by atoms with van der Waals surface area (Å²) >= 11 is 0. The summed E-state index contributed by atoms with van der Waals surface area (Å²) in [7, 11) is -0.696. The molecule has 12 nitrogen and oxygen atoms in total. The molecule has 1 fully saturated rings. The van der Waals surface area contributed by atoms with Crippen LogP contribution in [-0.4, -0.2) is 67.9 Å². The largest absolute Gasteiger partial charge is 0.508 e. The van der Waals surface area contributed by atoms with E-state index in [0.717, 1.165) is 29.0 Å². The molecule has 0 amide bonds. The van der Waals surface area contributed by atoms with E-state index in [0.29, 0.717) is 51.3 Å². The monoisotopic (exact) mass is 820 g/mol. The van der Waals surface area contributed by atoms with Gasteiger partial charge in [-0.15, -0.1) is 4.67 Å². The summed E-state index contributed by atoms with van der Waals surface area (Å²) < 4.78 is 42.5. The van der Waals surface area contributed by atoms with E-state index < -0.39 is 14.6 Å². The molecule has 0 bridgehead atoms. The number of carbonyl (C=O) groups is 2. The number of phenols is 1. The molecule has 3 aromatic carbocycles. The van der Waals surface area contributed by atoms with Crippen molar-refractivity contribution in [2.45, 2.75) is 114 Å². The molecule has 0 aromatic heterocycles. The van der Waals surface area contributed by atoms with Crippen molar-refractivity contribution >= 4 is 20.6 Å². The van der Waals surface area contributed by atoms with Gasteiger partial charge in [0.05, 0.1) is 31.2 Å². The van der Waals surface area contributed by atoms with Crippen molar-refractivity contribution < 1.29 is 57.6 Å². The van der Waals surface area contributed by atoms with Gasteiger partial charge in [0.15, 0.2) is 6.79 Å². The summed E-state index contributed by atoms with van der Waals surface area (Å²) in [4.78, 5) is 23.0. The average Bonchev–Trinajstić information content (AvgIpc) is 3.89. The van der Waals surface area contributed by atoms with Crippen molar-refractivity contribution in [3.05, 3.63) is 94.0 Å². The van der Waals surface area contributed by atoms with Crippen LogP contribution in [0.4, 0.5) is 0 Å². The Hall–Kier alpha value is -3.90. The quantitative estimate of drug-likeness (QED) is 0.0353. The third kappa shape index (κ3) is 27.4. The van der Waals surface area contributed by atoms with Gasteiger partial charge in [0, 0.05) is 18.8 Å². The molecule has 1 unspecified atom stereocenters. The van der Waals surface area contributed by atoms with E-state index in [2.05, 4.69) is 11.6 Å². The predicted octanol–water partition coefficient (Wildman–Crippen LogP) is 10.6. The molecule has 1 aliphatic rings. The van der Waals surface area contributed by atoms with Gasteiger partial charge in [-0.2, -0.15) is 0 Å². The molecule has 13 heteroatoms. The van der Waals surface area contributed by atoms with Crippen molar-refractivity contribution in [2.75, 3.05) is 40.0 Å². The molecule has 0 aliphatic heterocycles. The first-order valence-electron chi connectivity index (χ1n) is 18.9. The average molecular weight is 821 g/mol. The Kier molecular flexibility index (Phi) is 31.1. The van der Waals surface area contributed by atoms with Crippen molar-refractivity contribution in [3.63, 3.8) is 0 Å². The minimum Gasteiger partial charge on any atom is -0.508 e. The highest BCUT2D eigenvalue weighted by molar-refractivity contribution is 7.17. The van der Waals surface area contributed by atoms with Crippen molar-refractivity contribution in [3.8, 4) is 11.5 Å². The van der Waals surface area contributed by atoms with Gasteiger partial charge in [-0.3, -0.25) is 9.59 Å². The second kappa shape index (κ2) is 32.1. The van der Waals surface area contributed by atoms with Gasteiger partial charge in [0.25, 0.3) is 0 Å². The molecule has 3 aromatic rings. The standard InChI is InChI=1S/C15H22O3.C11H14O2.C10H14O2.C7H14O2.CH4.HO3P/c1-9(2)8-18-15(17)12(5)14-11(4)6-10(3)7-13(14)16;1-3-13-11(12)8-10-6-4-9(2)5-7-10;1-3-11-8-12-10-6-4-9(2)5-7-10;1-3-8-6-9-7(2)4-5-7;;1-3-4-2/h6-7,9,12,16H,8H2,1-5H3;4-7H,3,8H2,1-2H3;4-7H,3,8H2,1-2H3;3-6H2,1-2H3;1H4;1H. The summed E-state index contributed by atoms with van der Waals surface area (Å²) in [6.07, 6.45) is 2.76. The van der Waals surface area contributed by atoms with Gasteiger partial charge >= 0.3 is 20.6 Å².